The second-order valence-electron chi connectivity index (χ2n) is 4.74. The molecule has 0 radical (unpaired) electrons. The molecule has 2 unspecified atom stereocenters. The topological polar surface area (TPSA) is 38.0 Å². The van der Waals surface area contributed by atoms with Crippen molar-refractivity contribution < 1.29 is 0 Å². The molecule has 1 saturated carbocycles. The van der Waals surface area contributed by atoms with E-state index in [1.54, 1.807) is 6.07 Å². The Kier molecular flexibility index (Phi) is 3.59. The molecule has 1 fully saturated rings. The maximum Gasteiger partial charge on any atom is 0.0577 e. The van der Waals surface area contributed by atoms with E-state index in [1.165, 1.54) is 25.7 Å². The Morgan fingerprint density at radius 2 is 2.06 bits per heavy atom. The monoisotopic (exact) mass is 238 g/mol. The summed E-state index contributed by atoms with van der Waals surface area (Å²) in [6, 6.07) is 6.21. The van der Waals surface area contributed by atoms with Crippen molar-refractivity contribution in [2.75, 3.05) is 11.1 Å². The molecule has 2 nitrogen and oxygen atoms in total. The van der Waals surface area contributed by atoms with Gasteiger partial charge in [0.15, 0.2) is 0 Å². The Hall–Kier alpha value is -0.890. The Bertz CT molecular complexity index is 365. The molecule has 0 saturated heterocycles. The molecule has 2 atom stereocenters. The van der Waals surface area contributed by atoms with Crippen LogP contribution in [-0.4, -0.2) is 6.04 Å². The van der Waals surface area contributed by atoms with E-state index >= 15 is 0 Å². The second kappa shape index (κ2) is 4.96. The second-order valence-corrected chi connectivity index (χ2v) is 5.18. The van der Waals surface area contributed by atoms with E-state index in [0.717, 1.165) is 17.3 Å². The first kappa shape index (κ1) is 11.6. The third-order valence-electron chi connectivity index (χ3n) is 3.47. The third kappa shape index (κ3) is 2.62. The first-order valence-corrected chi connectivity index (χ1v) is 6.36. The van der Waals surface area contributed by atoms with Gasteiger partial charge in [0.25, 0.3) is 0 Å². The van der Waals surface area contributed by atoms with Crippen molar-refractivity contribution in [3.8, 4) is 0 Å². The lowest BCUT2D eigenvalue weighted by molar-refractivity contribution is 0.349. The van der Waals surface area contributed by atoms with Crippen molar-refractivity contribution in [1.82, 2.24) is 0 Å². The molecule has 1 aromatic rings. The van der Waals surface area contributed by atoms with Crippen LogP contribution in [-0.2, 0) is 0 Å². The Labute approximate surface area is 102 Å². The van der Waals surface area contributed by atoms with Crippen molar-refractivity contribution in [2.45, 2.75) is 38.6 Å². The van der Waals surface area contributed by atoms with Gasteiger partial charge < -0.3 is 11.1 Å². The molecule has 0 amide bonds. The molecule has 1 aliphatic carbocycles. The number of anilines is 2. The molecule has 3 N–H and O–H groups in total. The highest BCUT2D eigenvalue weighted by Gasteiger charge is 2.21. The van der Waals surface area contributed by atoms with Gasteiger partial charge in [-0.2, -0.15) is 0 Å². The van der Waals surface area contributed by atoms with Gasteiger partial charge in [0, 0.05) is 11.1 Å². The van der Waals surface area contributed by atoms with Crippen molar-refractivity contribution in [1.29, 1.82) is 0 Å². The Balaban J connectivity index is 2.07. The third-order valence-corrected chi connectivity index (χ3v) is 3.70. The minimum Gasteiger partial charge on any atom is -0.397 e. The van der Waals surface area contributed by atoms with E-state index in [9.17, 15) is 0 Å². The minimum absolute atomic E-state index is 0.553. The van der Waals surface area contributed by atoms with Crippen molar-refractivity contribution in [3.05, 3.63) is 23.2 Å². The van der Waals surface area contributed by atoms with Gasteiger partial charge >= 0.3 is 0 Å². The van der Waals surface area contributed by atoms with Crippen LogP contribution in [0, 0.1) is 5.92 Å². The van der Waals surface area contributed by atoms with Crippen LogP contribution in [0.4, 0.5) is 11.4 Å². The normalized spacial score (nSPS) is 25.4. The molecule has 0 heterocycles. The van der Waals surface area contributed by atoms with Gasteiger partial charge in [0.1, 0.15) is 0 Å². The molecule has 0 spiro atoms. The fourth-order valence-electron chi connectivity index (χ4n) is 2.40. The lowest BCUT2D eigenvalue weighted by Crippen LogP contribution is -2.30. The highest BCUT2D eigenvalue weighted by atomic mass is 35.5. The summed E-state index contributed by atoms with van der Waals surface area (Å²) in [5.74, 6) is 0.726. The molecular weight excluding hydrogens is 220 g/mol. The zero-order chi connectivity index (χ0) is 11.5. The van der Waals surface area contributed by atoms with Gasteiger partial charge in [-0.3, -0.25) is 0 Å². The molecule has 1 aromatic carbocycles. The van der Waals surface area contributed by atoms with E-state index in [0.29, 0.717) is 11.1 Å². The SMILES string of the molecule is CC1CCCCC1Nc1ccc(Cl)cc1N. The summed E-state index contributed by atoms with van der Waals surface area (Å²) in [4.78, 5) is 0. The van der Waals surface area contributed by atoms with Crippen LogP contribution in [0.25, 0.3) is 0 Å². The van der Waals surface area contributed by atoms with E-state index in [-0.39, 0.29) is 0 Å². The molecule has 1 aliphatic rings. The lowest BCUT2D eigenvalue weighted by Gasteiger charge is -2.30. The molecule has 0 aromatic heterocycles. The van der Waals surface area contributed by atoms with Crippen LogP contribution in [0.5, 0.6) is 0 Å². The number of rotatable bonds is 2. The van der Waals surface area contributed by atoms with E-state index < -0.39 is 0 Å². The molecule has 0 aliphatic heterocycles. The fourth-order valence-corrected chi connectivity index (χ4v) is 2.58. The van der Waals surface area contributed by atoms with Crippen LogP contribution in [0.3, 0.4) is 0 Å². The van der Waals surface area contributed by atoms with Crippen LogP contribution < -0.4 is 11.1 Å². The van der Waals surface area contributed by atoms with Gasteiger partial charge in [0.05, 0.1) is 11.4 Å². The Morgan fingerprint density at radius 3 is 2.75 bits per heavy atom. The Morgan fingerprint density at radius 1 is 1.31 bits per heavy atom. The number of hydrogen-bond acceptors (Lipinski definition) is 2. The number of nitrogens with two attached hydrogens (primary N) is 1. The zero-order valence-corrected chi connectivity index (χ0v) is 10.4. The summed E-state index contributed by atoms with van der Waals surface area (Å²) < 4.78 is 0. The summed E-state index contributed by atoms with van der Waals surface area (Å²) in [6.07, 6.45) is 5.22. The average Bonchev–Trinajstić information content (AvgIpc) is 2.25. The van der Waals surface area contributed by atoms with Crippen LogP contribution >= 0.6 is 11.6 Å². The quantitative estimate of drug-likeness (QED) is 0.767. The first-order chi connectivity index (χ1) is 7.66. The summed E-state index contributed by atoms with van der Waals surface area (Å²) in [5.41, 5.74) is 7.69. The van der Waals surface area contributed by atoms with Crippen LogP contribution in [0.15, 0.2) is 18.2 Å². The lowest BCUT2D eigenvalue weighted by atomic mass is 9.86. The summed E-state index contributed by atoms with van der Waals surface area (Å²) in [7, 11) is 0. The number of nitrogen functional groups attached to an aromatic ring is 1. The molecular formula is C13H19ClN2. The number of hydrogen-bond donors (Lipinski definition) is 2. The average molecular weight is 239 g/mol. The maximum atomic E-state index is 5.94. The van der Waals surface area contributed by atoms with Gasteiger partial charge in [-0.05, 0) is 37.0 Å². The van der Waals surface area contributed by atoms with E-state index in [1.807, 2.05) is 12.1 Å². The molecule has 0 bridgehead atoms. The number of benzene rings is 1. The number of halogens is 1. The summed E-state index contributed by atoms with van der Waals surface area (Å²) in [5, 5.41) is 4.24. The minimum atomic E-state index is 0.553. The molecule has 16 heavy (non-hydrogen) atoms. The maximum absolute atomic E-state index is 5.94. The fraction of sp³-hybridized carbons (Fsp3) is 0.538. The first-order valence-electron chi connectivity index (χ1n) is 5.98. The molecule has 2 rings (SSSR count). The van der Waals surface area contributed by atoms with Gasteiger partial charge in [-0.25, -0.2) is 0 Å². The molecule has 88 valence electrons. The van der Waals surface area contributed by atoms with Gasteiger partial charge in [0.2, 0.25) is 0 Å². The highest BCUT2D eigenvalue weighted by Crippen LogP contribution is 2.29. The summed E-state index contributed by atoms with van der Waals surface area (Å²) >= 11 is 5.88. The van der Waals surface area contributed by atoms with E-state index in [2.05, 4.69) is 12.2 Å². The number of nitrogens with one attached hydrogen (secondary N) is 1. The smallest absolute Gasteiger partial charge is 0.0577 e. The predicted molar refractivity (Wildman–Crippen MR) is 70.9 cm³/mol. The molecule has 3 heteroatoms. The van der Waals surface area contributed by atoms with Crippen LogP contribution in [0.2, 0.25) is 5.02 Å². The largest absolute Gasteiger partial charge is 0.397 e. The van der Waals surface area contributed by atoms with E-state index in [4.69, 9.17) is 17.3 Å². The van der Waals surface area contributed by atoms with Gasteiger partial charge in [-0.15, -0.1) is 0 Å². The standard InChI is InChI=1S/C13H19ClN2/c1-9-4-2-3-5-12(9)16-13-7-6-10(14)8-11(13)15/h6-9,12,16H,2-5,15H2,1H3. The highest BCUT2D eigenvalue weighted by molar-refractivity contribution is 6.31. The predicted octanol–water partition coefficient (Wildman–Crippen LogP) is 3.91. The van der Waals surface area contributed by atoms with Gasteiger partial charge in [-0.1, -0.05) is 31.4 Å². The van der Waals surface area contributed by atoms with Crippen molar-refractivity contribution in [3.63, 3.8) is 0 Å². The van der Waals surface area contributed by atoms with Crippen LogP contribution in [0.1, 0.15) is 32.6 Å². The summed E-state index contributed by atoms with van der Waals surface area (Å²) in [6.45, 7) is 2.31. The zero-order valence-electron chi connectivity index (χ0n) is 9.67. The van der Waals surface area contributed by atoms with Crippen molar-refractivity contribution >= 4 is 23.0 Å². The van der Waals surface area contributed by atoms with Crippen molar-refractivity contribution in [2.24, 2.45) is 5.92 Å².